The third-order valence-electron chi connectivity index (χ3n) is 15.6. The van der Waals surface area contributed by atoms with Gasteiger partial charge >= 0.3 is 0 Å². The number of aryl methyl sites for hydroxylation is 6. The number of hydrogen-bond donors (Lipinski definition) is 0. The fourth-order valence-electron chi connectivity index (χ4n) is 12.0. The van der Waals surface area contributed by atoms with Gasteiger partial charge in [0.15, 0.2) is 0 Å². The van der Waals surface area contributed by atoms with Crippen LogP contribution < -0.4 is 9.80 Å². The van der Waals surface area contributed by atoms with Gasteiger partial charge in [-0.3, -0.25) is 0 Å². The number of fused-ring (bicyclic) bond motifs is 9. The molecule has 0 aliphatic heterocycles. The zero-order valence-corrected chi connectivity index (χ0v) is 41.5. The normalized spacial score (nSPS) is 13.7. The first-order valence-electron chi connectivity index (χ1n) is 24.8. The van der Waals surface area contributed by atoms with E-state index in [0.29, 0.717) is 0 Å². The molecule has 0 fully saturated rings. The fraction of sp³-hybridized carbons (Fsp3) is 0.147. The van der Waals surface area contributed by atoms with Crippen molar-refractivity contribution in [1.82, 2.24) is 0 Å². The van der Waals surface area contributed by atoms with E-state index in [1.807, 2.05) is 0 Å². The second kappa shape index (κ2) is 16.4. The molecule has 0 N–H and O–H groups in total. The molecule has 10 aromatic rings. The second-order valence-corrected chi connectivity index (χ2v) is 20.6. The molecule has 0 atom stereocenters. The maximum Gasteiger partial charge on any atom is 0.0716 e. The molecular formula is C68H58N2. The van der Waals surface area contributed by atoms with Gasteiger partial charge in [0.25, 0.3) is 0 Å². The van der Waals surface area contributed by atoms with E-state index < -0.39 is 5.41 Å². The first kappa shape index (κ1) is 43.3. The van der Waals surface area contributed by atoms with Crippen molar-refractivity contribution in [3.8, 4) is 22.3 Å². The van der Waals surface area contributed by atoms with Crippen LogP contribution in [0.25, 0.3) is 33.0 Å². The van der Waals surface area contributed by atoms with Crippen LogP contribution >= 0.6 is 0 Å². The average molecular weight is 903 g/mol. The highest BCUT2D eigenvalue weighted by Gasteiger charge is 2.52. The third kappa shape index (κ3) is 6.68. The molecule has 0 saturated carbocycles. The Morgan fingerprint density at radius 1 is 0.314 bits per heavy atom. The van der Waals surface area contributed by atoms with Crippen LogP contribution in [0.2, 0.25) is 0 Å². The lowest BCUT2D eigenvalue weighted by Gasteiger charge is -2.38. The molecule has 0 amide bonds. The first-order valence-corrected chi connectivity index (χ1v) is 24.8. The van der Waals surface area contributed by atoms with Crippen molar-refractivity contribution in [3.05, 3.63) is 273 Å². The van der Waals surface area contributed by atoms with Gasteiger partial charge in [0.2, 0.25) is 0 Å². The summed E-state index contributed by atoms with van der Waals surface area (Å²) in [7, 11) is 0. The Morgan fingerprint density at radius 3 is 1.13 bits per heavy atom. The minimum absolute atomic E-state index is 0.297. The van der Waals surface area contributed by atoms with E-state index >= 15 is 0 Å². The lowest BCUT2D eigenvalue weighted by Crippen LogP contribution is -2.32. The van der Waals surface area contributed by atoms with Crippen LogP contribution in [0.1, 0.15) is 80.6 Å². The van der Waals surface area contributed by atoms with Crippen molar-refractivity contribution >= 4 is 44.9 Å². The average Bonchev–Trinajstić information content (AvgIpc) is 3.79. The van der Waals surface area contributed by atoms with E-state index in [-0.39, 0.29) is 5.41 Å². The van der Waals surface area contributed by atoms with Crippen LogP contribution in [0, 0.1) is 41.5 Å². The second-order valence-electron chi connectivity index (χ2n) is 20.6. The molecule has 2 nitrogen and oxygen atoms in total. The summed E-state index contributed by atoms with van der Waals surface area (Å²) in [6, 6.07) is 78.3. The quantitative estimate of drug-likeness (QED) is 0.150. The largest absolute Gasteiger partial charge is 0.311 e. The fourth-order valence-corrected chi connectivity index (χ4v) is 12.0. The third-order valence-corrected chi connectivity index (χ3v) is 15.6. The lowest BCUT2D eigenvalue weighted by atomic mass is 9.63. The van der Waals surface area contributed by atoms with Crippen molar-refractivity contribution < 1.29 is 0 Å². The number of hydrogen-bond acceptors (Lipinski definition) is 2. The van der Waals surface area contributed by atoms with Gasteiger partial charge in [-0.25, -0.2) is 0 Å². The molecule has 0 saturated heterocycles. The van der Waals surface area contributed by atoms with Crippen molar-refractivity contribution in [1.29, 1.82) is 0 Å². The maximum absolute atomic E-state index is 2.48. The SMILES string of the molecule is Cc1ccc(N(c2ccc(C)cc2)c2ccc(C3(c4ccc(N(c5ccc(C)cc5)c5ccc(C)cc5)cc4)c4cc(C)ccc4-c4ccc5c(c43)C(C)(C)c3cc(C)c4ccccc4c3-5)cc2)cc1. The van der Waals surface area contributed by atoms with Crippen LogP contribution in [0.5, 0.6) is 0 Å². The molecule has 340 valence electrons. The lowest BCUT2D eigenvalue weighted by molar-refractivity contribution is 0.633. The highest BCUT2D eigenvalue weighted by molar-refractivity contribution is 6.06. The molecule has 0 radical (unpaired) electrons. The summed E-state index contributed by atoms with van der Waals surface area (Å²) in [6.07, 6.45) is 0. The Labute approximate surface area is 414 Å². The van der Waals surface area contributed by atoms with E-state index in [2.05, 4.69) is 271 Å². The summed E-state index contributed by atoms with van der Waals surface area (Å²) in [4.78, 5) is 4.78. The molecule has 2 heteroatoms. The molecule has 12 rings (SSSR count). The van der Waals surface area contributed by atoms with Crippen molar-refractivity contribution in [2.24, 2.45) is 0 Å². The number of benzene rings is 10. The topological polar surface area (TPSA) is 6.48 Å². The van der Waals surface area contributed by atoms with Gasteiger partial charge in [0.05, 0.1) is 5.41 Å². The summed E-state index contributed by atoms with van der Waals surface area (Å²) < 4.78 is 0. The van der Waals surface area contributed by atoms with Gasteiger partial charge in [-0.15, -0.1) is 0 Å². The highest BCUT2D eigenvalue weighted by atomic mass is 15.1. The number of rotatable bonds is 8. The summed E-state index contributed by atoms with van der Waals surface area (Å²) >= 11 is 0. The molecule has 0 bridgehead atoms. The zero-order valence-electron chi connectivity index (χ0n) is 41.5. The van der Waals surface area contributed by atoms with Crippen LogP contribution in [0.15, 0.2) is 206 Å². The molecule has 10 aromatic carbocycles. The molecule has 70 heavy (non-hydrogen) atoms. The summed E-state index contributed by atoms with van der Waals surface area (Å²) in [5.41, 5.74) is 26.7. The summed E-state index contributed by atoms with van der Waals surface area (Å²) in [6.45, 7) is 18.1. The van der Waals surface area contributed by atoms with E-state index in [0.717, 1.165) is 34.1 Å². The van der Waals surface area contributed by atoms with Gasteiger partial charge in [-0.1, -0.05) is 175 Å². The molecular weight excluding hydrogens is 845 g/mol. The summed E-state index contributed by atoms with van der Waals surface area (Å²) in [5.74, 6) is 0. The Morgan fingerprint density at radius 2 is 0.686 bits per heavy atom. The van der Waals surface area contributed by atoms with E-state index in [1.165, 1.54) is 99.8 Å². The van der Waals surface area contributed by atoms with Gasteiger partial charge in [0, 0.05) is 39.5 Å². The number of nitrogens with zero attached hydrogens (tertiary/aromatic N) is 2. The van der Waals surface area contributed by atoms with Gasteiger partial charge < -0.3 is 9.80 Å². The smallest absolute Gasteiger partial charge is 0.0716 e. The molecule has 0 unspecified atom stereocenters. The van der Waals surface area contributed by atoms with Crippen LogP contribution in [0.3, 0.4) is 0 Å². The van der Waals surface area contributed by atoms with Crippen molar-refractivity contribution in [2.45, 2.75) is 66.2 Å². The Kier molecular flexibility index (Phi) is 10.1. The molecule has 0 heterocycles. The summed E-state index contributed by atoms with van der Waals surface area (Å²) in [5, 5.41) is 2.65. The molecule has 0 aromatic heterocycles. The highest BCUT2D eigenvalue weighted by Crippen LogP contribution is 2.64. The molecule has 2 aliphatic carbocycles. The van der Waals surface area contributed by atoms with Gasteiger partial charge in [0.1, 0.15) is 0 Å². The van der Waals surface area contributed by atoms with E-state index in [9.17, 15) is 0 Å². The molecule has 2 aliphatic rings. The van der Waals surface area contributed by atoms with E-state index in [1.54, 1.807) is 0 Å². The Balaban J connectivity index is 1.14. The van der Waals surface area contributed by atoms with Gasteiger partial charge in [-0.05, 0) is 186 Å². The van der Waals surface area contributed by atoms with Crippen LogP contribution in [-0.2, 0) is 10.8 Å². The van der Waals surface area contributed by atoms with Crippen LogP contribution in [-0.4, -0.2) is 0 Å². The number of anilines is 6. The predicted molar refractivity (Wildman–Crippen MR) is 297 cm³/mol. The minimum Gasteiger partial charge on any atom is -0.311 e. The molecule has 0 spiro atoms. The van der Waals surface area contributed by atoms with Crippen molar-refractivity contribution in [3.63, 3.8) is 0 Å². The standard InChI is InChI=1S/C68H58N2/c1-43-13-26-51(27-14-43)69(52-28-15-44(2)16-29-52)55-34-22-49(23-35-55)68(50-24-36-56(37-25-50)70(53-30-17-45(3)18-31-53)54-32-19-46(4)20-33-54)62-41-47(5)21-38-58(62)60-39-40-61-64-59-12-10-9-11-57(59)48(6)42-63(64)67(7,8)65(61)66(60)68/h9-42H,1-8H3. The Bertz CT molecular complexity index is 3400. The van der Waals surface area contributed by atoms with Crippen LogP contribution in [0.4, 0.5) is 34.1 Å². The van der Waals surface area contributed by atoms with Crippen molar-refractivity contribution in [2.75, 3.05) is 9.80 Å². The predicted octanol–water partition coefficient (Wildman–Crippen LogP) is 18.3. The first-order chi connectivity index (χ1) is 33.9. The van der Waals surface area contributed by atoms with E-state index in [4.69, 9.17) is 0 Å². The minimum atomic E-state index is -0.666. The monoisotopic (exact) mass is 902 g/mol. The zero-order chi connectivity index (χ0) is 48.1. The Hall–Kier alpha value is -7.94. The van der Waals surface area contributed by atoms with Gasteiger partial charge in [-0.2, -0.15) is 0 Å². The maximum atomic E-state index is 2.48.